The zero-order valence-corrected chi connectivity index (χ0v) is 10.2. The molecule has 0 N–H and O–H groups in total. The van der Waals surface area contributed by atoms with Gasteiger partial charge in [0.25, 0.3) is 0 Å². The standard InChI is InChI=1S/C13H17NO2/c1-10(11-8-6-5-7-9-11)14-16-12(15)13(2,3)4/h5-9H,1-4H3/b14-10+. The van der Waals surface area contributed by atoms with E-state index >= 15 is 0 Å². The van der Waals surface area contributed by atoms with Gasteiger partial charge < -0.3 is 4.84 Å². The zero-order valence-electron chi connectivity index (χ0n) is 10.2. The second-order valence-corrected chi connectivity index (χ2v) is 4.67. The summed E-state index contributed by atoms with van der Waals surface area (Å²) in [5.74, 6) is -0.331. The van der Waals surface area contributed by atoms with E-state index in [-0.39, 0.29) is 5.97 Å². The number of rotatable bonds is 2. The van der Waals surface area contributed by atoms with Crippen molar-refractivity contribution in [1.82, 2.24) is 0 Å². The molecule has 0 aliphatic heterocycles. The van der Waals surface area contributed by atoms with E-state index < -0.39 is 5.41 Å². The molecule has 1 aromatic rings. The van der Waals surface area contributed by atoms with E-state index in [0.717, 1.165) is 5.56 Å². The summed E-state index contributed by atoms with van der Waals surface area (Å²) in [7, 11) is 0. The number of hydrogen-bond donors (Lipinski definition) is 0. The predicted molar refractivity (Wildman–Crippen MR) is 64.2 cm³/mol. The number of nitrogens with zero attached hydrogens (tertiary/aromatic N) is 1. The molecule has 3 nitrogen and oxygen atoms in total. The Balaban J connectivity index is 2.70. The minimum absolute atomic E-state index is 0.331. The van der Waals surface area contributed by atoms with Crippen LogP contribution < -0.4 is 0 Å². The molecular weight excluding hydrogens is 202 g/mol. The van der Waals surface area contributed by atoms with Gasteiger partial charge in [0.1, 0.15) is 0 Å². The van der Waals surface area contributed by atoms with E-state index in [4.69, 9.17) is 4.84 Å². The molecule has 0 fully saturated rings. The number of carbonyl (C=O) groups is 1. The van der Waals surface area contributed by atoms with Crippen LogP contribution in [-0.4, -0.2) is 11.7 Å². The summed E-state index contributed by atoms with van der Waals surface area (Å²) in [4.78, 5) is 16.3. The largest absolute Gasteiger partial charge is 0.340 e. The lowest BCUT2D eigenvalue weighted by Gasteiger charge is -2.13. The van der Waals surface area contributed by atoms with Gasteiger partial charge in [0.05, 0.1) is 11.1 Å². The van der Waals surface area contributed by atoms with Crippen LogP contribution in [0.15, 0.2) is 35.5 Å². The van der Waals surface area contributed by atoms with Gasteiger partial charge in [0, 0.05) is 0 Å². The molecule has 0 radical (unpaired) electrons. The molecule has 1 aromatic carbocycles. The van der Waals surface area contributed by atoms with Gasteiger partial charge in [-0.15, -0.1) is 0 Å². The minimum Gasteiger partial charge on any atom is -0.317 e. The van der Waals surface area contributed by atoms with Gasteiger partial charge in [-0.05, 0) is 33.3 Å². The summed E-state index contributed by atoms with van der Waals surface area (Å²) in [5.41, 5.74) is 1.11. The Morgan fingerprint density at radius 1 is 1.19 bits per heavy atom. The normalized spacial score (nSPS) is 12.4. The van der Waals surface area contributed by atoms with Crippen molar-refractivity contribution in [3.05, 3.63) is 35.9 Å². The third-order valence-corrected chi connectivity index (χ3v) is 2.07. The molecule has 0 saturated heterocycles. The summed E-state index contributed by atoms with van der Waals surface area (Å²) in [6.45, 7) is 7.19. The number of oxime groups is 1. The van der Waals surface area contributed by atoms with Crippen LogP contribution in [0.5, 0.6) is 0 Å². The maximum Gasteiger partial charge on any atom is 0.340 e. The van der Waals surface area contributed by atoms with Gasteiger partial charge in [0.2, 0.25) is 0 Å². The SMILES string of the molecule is C/C(=N\OC(=O)C(C)(C)C)c1ccccc1. The fraction of sp³-hybridized carbons (Fsp3) is 0.385. The van der Waals surface area contributed by atoms with Crippen molar-refractivity contribution < 1.29 is 9.63 Å². The molecule has 86 valence electrons. The van der Waals surface area contributed by atoms with Crippen molar-refractivity contribution in [3.63, 3.8) is 0 Å². The molecule has 0 unspecified atom stereocenters. The van der Waals surface area contributed by atoms with Crippen molar-refractivity contribution >= 4 is 11.7 Å². The van der Waals surface area contributed by atoms with E-state index in [1.807, 2.05) is 37.3 Å². The highest BCUT2D eigenvalue weighted by atomic mass is 16.7. The van der Waals surface area contributed by atoms with Crippen molar-refractivity contribution in [2.24, 2.45) is 10.6 Å². The Hall–Kier alpha value is -1.64. The molecule has 0 amide bonds. The smallest absolute Gasteiger partial charge is 0.317 e. The van der Waals surface area contributed by atoms with Crippen LogP contribution in [0.25, 0.3) is 0 Å². The number of hydrogen-bond acceptors (Lipinski definition) is 3. The average Bonchev–Trinajstić information content (AvgIpc) is 2.25. The number of benzene rings is 1. The molecule has 16 heavy (non-hydrogen) atoms. The van der Waals surface area contributed by atoms with Crippen molar-refractivity contribution in [1.29, 1.82) is 0 Å². The first-order valence-corrected chi connectivity index (χ1v) is 5.23. The topological polar surface area (TPSA) is 38.7 Å². The van der Waals surface area contributed by atoms with Crippen LogP contribution in [0.1, 0.15) is 33.3 Å². The predicted octanol–water partition coefficient (Wildman–Crippen LogP) is 3.00. The monoisotopic (exact) mass is 219 g/mol. The Morgan fingerprint density at radius 2 is 1.75 bits per heavy atom. The fourth-order valence-electron chi connectivity index (χ4n) is 0.979. The highest BCUT2D eigenvalue weighted by molar-refractivity contribution is 5.98. The zero-order chi connectivity index (χ0) is 12.2. The lowest BCUT2D eigenvalue weighted by Crippen LogP contribution is -2.21. The molecule has 0 aliphatic rings. The summed E-state index contributed by atoms with van der Waals surface area (Å²) in [5, 5.41) is 3.83. The Morgan fingerprint density at radius 3 is 2.25 bits per heavy atom. The van der Waals surface area contributed by atoms with Crippen molar-refractivity contribution in [3.8, 4) is 0 Å². The van der Waals surface area contributed by atoms with Gasteiger partial charge >= 0.3 is 5.97 Å². The molecular formula is C13H17NO2. The van der Waals surface area contributed by atoms with Crippen molar-refractivity contribution in [2.45, 2.75) is 27.7 Å². The van der Waals surface area contributed by atoms with Gasteiger partial charge in [-0.2, -0.15) is 0 Å². The fourth-order valence-corrected chi connectivity index (χ4v) is 0.979. The molecule has 0 bridgehead atoms. The molecule has 0 aromatic heterocycles. The van der Waals surface area contributed by atoms with Gasteiger partial charge in [0.15, 0.2) is 0 Å². The maximum atomic E-state index is 11.5. The van der Waals surface area contributed by atoms with Crippen LogP contribution in [0.3, 0.4) is 0 Å². The van der Waals surface area contributed by atoms with E-state index in [1.165, 1.54) is 0 Å². The highest BCUT2D eigenvalue weighted by Crippen LogP contribution is 2.15. The highest BCUT2D eigenvalue weighted by Gasteiger charge is 2.23. The van der Waals surface area contributed by atoms with E-state index in [0.29, 0.717) is 5.71 Å². The van der Waals surface area contributed by atoms with Crippen LogP contribution in [0.2, 0.25) is 0 Å². The third-order valence-electron chi connectivity index (χ3n) is 2.07. The van der Waals surface area contributed by atoms with Crippen LogP contribution in [0.4, 0.5) is 0 Å². The van der Waals surface area contributed by atoms with Crippen LogP contribution in [0, 0.1) is 5.41 Å². The Bertz CT molecular complexity index is 388. The second-order valence-electron chi connectivity index (χ2n) is 4.67. The lowest BCUT2D eigenvalue weighted by atomic mass is 9.98. The molecule has 0 saturated carbocycles. The summed E-state index contributed by atoms with van der Waals surface area (Å²) in [6.07, 6.45) is 0. The first-order chi connectivity index (χ1) is 7.41. The van der Waals surface area contributed by atoms with Crippen molar-refractivity contribution in [2.75, 3.05) is 0 Å². The maximum absolute atomic E-state index is 11.5. The average molecular weight is 219 g/mol. The summed E-state index contributed by atoms with van der Waals surface area (Å²) < 4.78 is 0. The van der Waals surface area contributed by atoms with E-state index in [2.05, 4.69) is 5.16 Å². The molecule has 0 spiro atoms. The number of carbonyl (C=O) groups excluding carboxylic acids is 1. The third kappa shape index (κ3) is 3.50. The minimum atomic E-state index is -0.527. The lowest BCUT2D eigenvalue weighted by molar-refractivity contribution is -0.152. The van der Waals surface area contributed by atoms with E-state index in [9.17, 15) is 4.79 Å². The van der Waals surface area contributed by atoms with Gasteiger partial charge in [-0.25, -0.2) is 4.79 Å². The molecule has 1 rings (SSSR count). The summed E-state index contributed by atoms with van der Waals surface area (Å²) >= 11 is 0. The quantitative estimate of drug-likeness (QED) is 0.435. The van der Waals surface area contributed by atoms with Gasteiger partial charge in [-0.3, -0.25) is 0 Å². The molecule has 3 heteroatoms. The first kappa shape index (κ1) is 12.4. The molecule has 0 aliphatic carbocycles. The van der Waals surface area contributed by atoms with Gasteiger partial charge in [-0.1, -0.05) is 35.5 Å². The van der Waals surface area contributed by atoms with E-state index in [1.54, 1.807) is 20.8 Å². The molecule has 0 atom stereocenters. The first-order valence-electron chi connectivity index (χ1n) is 5.23. The second kappa shape index (κ2) is 4.92. The molecule has 0 heterocycles. The summed E-state index contributed by atoms with van der Waals surface area (Å²) in [6, 6.07) is 9.60. The van der Waals surface area contributed by atoms with Crippen LogP contribution >= 0.6 is 0 Å². The van der Waals surface area contributed by atoms with Crippen LogP contribution in [-0.2, 0) is 9.63 Å². The Labute approximate surface area is 96.1 Å². The Kier molecular flexibility index (Phi) is 3.82.